The molecule has 1 aromatic rings. The fraction of sp³-hybridized carbons (Fsp3) is 0.500. The van der Waals surface area contributed by atoms with Crippen molar-refractivity contribution < 1.29 is 14.6 Å². The van der Waals surface area contributed by atoms with E-state index in [0.717, 1.165) is 18.0 Å². The first kappa shape index (κ1) is 12.7. The minimum atomic E-state index is -0.698. The van der Waals surface area contributed by atoms with Crippen LogP contribution in [-0.2, 0) is 4.79 Å². The molecule has 1 fully saturated rings. The van der Waals surface area contributed by atoms with Crippen LogP contribution in [0.15, 0.2) is 24.3 Å². The number of carbonyl (C=O) groups is 1. The first-order chi connectivity index (χ1) is 8.63. The molecule has 98 valence electrons. The maximum absolute atomic E-state index is 11.1. The van der Waals surface area contributed by atoms with Crippen LogP contribution in [0, 0.1) is 5.92 Å². The third-order valence-electron chi connectivity index (χ3n) is 3.55. The van der Waals surface area contributed by atoms with Crippen LogP contribution in [0.5, 0.6) is 5.75 Å². The topological polar surface area (TPSA) is 49.8 Å². The van der Waals surface area contributed by atoms with Gasteiger partial charge in [0.2, 0.25) is 0 Å². The Morgan fingerprint density at radius 2 is 2.11 bits per heavy atom. The zero-order chi connectivity index (χ0) is 13.1. The predicted molar refractivity (Wildman–Crippen MR) is 70.2 cm³/mol. The SMILES string of the molecule is CCOc1ccc(N2CCC(C(=O)O)C2C)cc1. The van der Waals surface area contributed by atoms with Crippen molar-refractivity contribution in [3.05, 3.63) is 24.3 Å². The second kappa shape index (κ2) is 5.29. The Morgan fingerprint density at radius 3 is 2.61 bits per heavy atom. The lowest BCUT2D eigenvalue weighted by Gasteiger charge is -2.25. The Labute approximate surface area is 107 Å². The fourth-order valence-electron chi connectivity index (χ4n) is 2.53. The van der Waals surface area contributed by atoms with Gasteiger partial charge in [-0.15, -0.1) is 0 Å². The Bertz CT molecular complexity index is 416. The van der Waals surface area contributed by atoms with Gasteiger partial charge < -0.3 is 14.7 Å². The molecule has 4 nitrogen and oxygen atoms in total. The lowest BCUT2D eigenvalue weighted by Crippen LogP contribution is -2.32. The standard InChI is InChI=1S/C14H19NO3/c1-3-18-12-6-4-11(5-7-12)15-9-8-13(10(15)2)14(16)17/h4-7,10,13H,3,8-9H2,1-2H3,(H,16,17). The molecule has 0 radical (unpaired) electrons. The quantitative estimate of drug-likeness (QED) is 0.890. The smallest absolute Gasteiger partial charge is 0.308 e. The number of rotatable bonds is 4. The summed E-state index contributed by atoms with van der Waals surface area (Å²) in [5, 5.41) is 9.12. The van der Waals surface area contributed by atoms with Crippen LogP contribution in [0.1, 0.15) is 20.3 Å². The number of aliphatic carboxylic acids is 1. The second-order valence-corrected chi connectivity index (χ2v) is 4.59. The van der Waals surface area contributed by atoms with Crippen molar-refractivity contribution in [2.24, 2.45) is 5.92 Å². The molecule has 0 bridgehead atoms. The van der Waals surface area contributed by atoms with Crippen molar-refractivity contribution in [2.75, 3.05) is 18.1 Å². The lowest BCUT2D eigenvalue weighted by molar-refractivity contribution is -0.141. The van der Waals surface area contributed by atoms with E-state index in [4.69, 9.17) is 9.84 Å². The number of ether oxygens (including phenoxy) is 1. The van der Waals surface area contributed by atoms with E-state index in [1.165, 1.54) is 0 Å². The van der Waals surface area contributed by atoms with Gasteiger partial charge in [-0.3, -0.25) is 4.79 Å². The number of carboxylic acid groups (broad SMARTS) is 1. The Balaban J connectivity index is 2.10. The molecular formula is C14H19NO3. The average molecular weight is 249 g/mol. The summed E-state index contributed by atoms with van der Waals surface area (Å²) in [6.07, 6.45) is 0.712. The van der Waals surface area contributed by atoms with Crippen LogP contribution in [0.2, 0.25) is 0 Å². The van der Waals surface area contributed by atoms with E-state index >= 15 is 0 Å². The van der Waals surface area contributed by atoms with E-state index in [1.807, 2.05) is 38.1 Å². The van der Waals surface area contributed by atoms with E-state index in [-0.39, 0.29) is 12.0 Å². The molecule has 1 aromatic carbocycles. The van der Waals surface area contributed by atoms with Crippen LogP contribution in [-0.4, -0.2) is 30.3 Å². The van der Waals surface area contributed by atoms with Gasteiger partial charge in [-0.25, -0.2) is 0 Å². The van der Waals surface area contributed by atoms with Gasteiger partial charge in [-0.1, -0.05) is 0 Å². The van der Waals surface area contributed by atoms with E-state index in [1.54, 1.807) is 0 Å². The fourth-order valence-corrected chi connectivity index (χ4v) is 2.53. The average Bonchev–Trinajstić information content (AvgIpc) is 2.73. The largest absolute Gasteiger partial charge is 0.494 e. The molecule has 0 aromatic heterocycles. The summed E-state index contributed by atoms with van der Waals surface area (Å²) in [6, 6.07) is 7.89. The molecule has 0 aliphatic carbocycles. The van der Waals surface area contributed by atoms with E-state index in [0.29, 0.717) is 13.0 Å². The molecule has 1 N–H and O–H groups in total. The van der Waals surface area contributed by atoms with Gasteiger partial charge in [0.1, 0.15) is 5.75 Å². The number of hydrogen-bond donors (Lipinski definition) is 1. The highest BCUT2D eigenvalue weighted by molar-refractivity contribution is 5.73. The third kappa shape index (κ3) is 2.42. The molecule has 1 aliphatic rings. The maximum atomic E-state index is 11.1. The lowest BCUT2D eigenvalue weighted by atomic mass is 10.0. The van der Waals surface area contributed by atoms with Crippen molar-refractivity contribution >= 4 is 11.7 Å². The van der Waals surface area contributed by atoms with Crippen molar-refractivity contribution in [2.45, 2.75) is 26.3 Å². The number of carboxylic acids is 1. The molecule has 0 saturated carbocycles. The number of anilines is 1. The molecule has 2 unspecified atom stereocenters. The Morgan fingerprint density at radius 1 is 1.44 bits per heavy atom. The van der Waals surface area contributed by atoms with Crippen molar-refractivity contribution in [3.8, 4) is 5.75 Å². The third-order valence-corrected chi connectivity index (χ3v) is 3.55. The van der Waals surface area contributed by atoms with Crippen LogP contribution in [0.4, 0.5) is 5.69 Å². The van der Waals surface area contributed by atoms with Gasteiger partial charge >= 0.3 is 5.97 Å². The van der Waals surface area contributed by atoms with E-state index in [9.17, 15) is 4.79 Å². The van der Waals surface area contributed by atoms with Gasteiger partial charge in [0.25, 0.3) is 0 Å². The van der Waals surface area contributed by atoms with Gasteiger partial charge in [0.05, 0.1) is 12.5 Å². The highest BCUT2D eigenvalue weighted by Gasteiger charge is 2.35. The molecule has 18 heavy (non-hydrogen) atoms. The van der Waals surface area contributed by atoms with Gasteiger partial charge in [-0.05, 0) is 44.5 Å². The van der Waals surface area contributed by atoms with Crippen molar-refractivity contribution in [1.29, 1.82) is 0 Å². The normalized spacial score (nSPS) is 23.1. The number of hydrogen-bond acceptors (Lipinski definition) is 3. The maximum Gasteiger partial charge on any atom is 0.308 e. The molecule has 1 heterocycles. The van der Waals surface area contributed by atoms with E-state index < -0.39 is 5.97 Å². The molecule has 4 heteroatoms. The summed E-state index contributed by atoms with van der Waals surface area (Å²) in [6.45, 7) is 5.38. The zero-order valence-corrected chi connectivity index (χ0v) is 10.8. The molecule has 1 aliphatic heterocycles. The molecule has 0 amide bonds. The van der Waals surface area contributed by atoms with Gasteiger partial charge in [0.15, 0.2) is 0 Å². The highest BCUT2D eigenvalue weighted by atomic mass is 16.5. The summed E-state index contributed by atoms with van der Waals surface area (Å²) in [7, 11) is 0. The molecule has 0 spiro atoms. The van der Waals surface area contributed by atoms with Gasteiger partial charge in [-0.2, -0.15) is 0 Å². The molecular weight excluding hydrogens is 230 g/mol. The minimum Gasteiger partial charge on any atom is -0.494 e. The molecule has 2 rings (SSSR count). The number of nitrogens with zero attached hydrogens (tertiary/aromatic N) is 1. The number of benzene rings is 1. The van der Waals surface area contributed by atoms with Crippen LogP contribution in [0.25, 0.3) is 0 Å². The Hall–Kier alpha value is -1.71. The predicted octanol–water partition coefficient (Wildman–Crippen LogP) is 2.38. The van der Waals surface area contributed by atoms with Crippen molar-refractivity contribution in [1.82, 2.24) is 0 Å². The molecule has 2 atom stereocenters. The summed E-state index contributed by atoms with van der Waals surface area (Å²) in [5.41, 5.74) is 1.06. The summed E-state index contributed by atoms with van der Waals surface area (Å²) < 4.78 is 5.40. The van der Waals surface area contributed by atoms with Crippen molar-refractivity contribution in [3.63, 3.8) is 0 Å². The van der Waals surface area contributed by atoms with Crippen LogP contribution < -0.4 is 9.64 Å². The first-order valence-electron chi connectivity index (χ1n) is 6.35. The van der Waals surface area contributed by atoms with Crippen LogP contribution >= 0.6 is 0 Å². The minimum absolute atomic E-state index is 0.0421. The molecule has 1 saturated heterocycles. The van der Waals surface area contributed by atoms with E-state index in [2.05, 4.69) is 4.90 Å². The Kier molecular flexibility index (Phi) is 3.75. The second-order valence-electron chi connectivity index (χ2n) is 4.59. The zero-order valence-electron chi connectivity index (χ0n) is 10.8. The highest BCUT2D eigenvalue weighted by Crippen LogP contribution is 2.30. The first-order valence-corrected chi connectivity index (χ1v) is 6.35. The summed E-state index contributed by atoms with van der Waals surface area (Å²) in [4.78, 5) is 13.2. The monoisotopic (exact) mass is 249 g/mol. The summed E-state index contributed by atoms with van der Waals surface area (Å²) in [5.74, 6) is -0.115. The summed E-state index contributed by atoms with van der Waals surface area (Å²) >= 11 is 0. The van der Waals surface area contributed by atoms with Gasteiger partial charge in [0, 0.05) is 18.3 Å². The van der Waals surface area contributed by atoms with Crippen LogP contribution in [0.3, 0.4) is 0 Å².